The van der Waals surface area contributed by atoms with Crippen molar-refractivity contribution in [3.8, 4) is 0 Å². The third-order valence-electron chi connectivity index (χ3n) is 3.27. The first-order chi connectivity index (χ1) is 11.1. The summed E-state index contributed by atoms with van der Waals surface area (Å²) in [7, 11) is 0. The summed E-state index contributed by atoms with van der Waals surface area (Å²) < 4.78 is 5.05. The van der Waals surface area contributed by atoms with E-state index in [4.69, 9.17) is 4.74 Å². The lowest BCUT2D eigenvalue weighted by atomic mass is 10.1. The van der Waals surface area contributed by atoms with Crippen LogP contribution in [0.2, 0.25) is 0 Å². The van der Waals surface area contributed by atoms with Crippen LogP contribution in [0.1, 0.15) is 23.0 Å². The first kappa shape index (κ1) is 14.7. The minimum absolute atomic E-state index is 0.280. The average Bonchev–Trinajstić information content (AvgIpc) is 2.57. The Bertz CT molecular complexity index is 757. The van der Waals surface area contributed by atoms with Crippen molar-refractivity contribution >= 4 is 23.4 Å². The molecule has 7 heteroatoms. The Labute approximate surface area is 132 Å². The van der Waals surface area contributed by atoms with Crippen LogP contribution < -0.4 is 10.7 Å². The fourth-order valence-corrected chi connectivity index (χ4v) is 2.16. The summed E-state index contributed by atoms with van der Waals surface area (Å²) in [5, 5.41) is 6.76. The molecule has 2 aromatic rings. The molecule has 1 unspecified atom stereocenters. The monoisotopic (exact) mass is 310 g/mol. The molecule has 1 aliphatic rings. The number of pyridine rings is 1. The number of hydrazone groups is 1. The van der Waals surface area contributed by atoms with Gasteiger partial charge in [0.2, 0.25) is 0 Å². The zero-order chi connectivity index (χ0) is 16.2. The summed E-state index contributed by atoms with van der Waals surface area (Å²) in [5.74, 6) is -0.280. The van der Waals surface area contributed by atoms with E-state index in [-0.39, 0.29) is 5.91 Å². The number of nitrogens with one attached hydrogen (secondary N) is 2. The van der Waals surface area contributed by atoms with E-state index in [0.29, 0.717) is 17.1 Å². The van der Waals surface area contributed by atoms with Gasteiger partial charge in [0.25, 0.3) is 5.91 Å². The van der Waals surface area contributed by atoms with Crippen LogP contribution in [0.5, 0.6) is 0 Å². The summed E-state index contributed by atoms with van der Waals surface area (Å²) >= 11 is 0. The van der Waals surface area contributed by atoms with Crippen molar-refractivity contribution in [2.75, 3.05) is 5.32 Å². The molecule has 0 spiro atoms. The first-order valence-corrected chi connectivity index (χ1v) is 7.00. The van der Waals surface area contributed by atoms with Gasteiger partial charge in [0.15, 0.2) is 0 Å². The maximum Gasteiger partial charge on any atom is 0.428 e. The van der Waals surface area contributed by atoms with E-state index in [0.717, 1.165) is 5.56 Å². The number of benzene rings is 1. The van der Waals surface area contributed by atoms with E-state index in [1.165, 1.54) is 0 Å². The molecule has 2 heterocycles. The summed E-state index contributed by atoms with van der Waals surface area (Å²) in [6.07, 6.45) is 0.563. The van der Waals surface area contributed by atoms with Crippen molar-refractivity contribution in [2.45, 2.75) is 13.0 Å². The lowest BCUT2D eigenvalue weighted by molar-refractivity contribution is 0.102. The van der Waals surface area contributed by atoms with Gasteiger partial charge < -0.3 is 10.1 Å². The third-order valence-corrected chi connectivity index (χ3v) is 3.27. The number of amides is 2. The molecule has 1 atom stereocenters. The van der Waals surface area contributed by atoms with Gasteiger partial charge in [-0.25, -0.2) is 10.2 Å². The molecule has 0 aliphatic carbocycles. The van der Waals surface area contributed by atoms with Crippen LogP contribution in [0.4, 0.5) is 10.5 Å². The first-order valence-electron chi connectivity index (χ1n) is 7.00. The Morgan fingerprint density at radius 3 is 2.65 bits per heavy atom. The minimum atomic E-state index is -0.569. The number of carbonyl (C=O) groups excluding carboxylic acids is 2. The van der Waals surface area contributed by atoms with Crippen LogP contribution in [0.3, 0.4) is 0 Å². The molecular formula is C16H14N4O3. The molecule has 1 aliphatic heterocycles. The van der Waals surface area contributed by atoms with Crippen LogP contribution in [-0.4, -0.2) is 28.8 Å². The third kappa shape index (κ3) is 3.34. The van der Waals surface area contributed by atoms with Crippen LogP contribution in [0.25, 0.3) is 0 Å². The van der Waals surface area contributed by atoms with E-state index in [2.05, 4.69) is 20.8 Å². The summed E-state index contributed by atoms with van der Waals surface area (Å²) in [6.45, 7) is 1.74. The standard InChI is InChI=1S/C16H14N4O3/c1-10-14(19-20-16(22)23-10)11-5-7-12(8-6-11)18-15(21)13-4-2-3-9-17-13/h2-10H,1H3,(H,18,21)(H,20,22). The molecule has 2 amide bonds. The van der Waals surface area contributed by atoms with Crippen LogP contribution in [0, 0.1) is 0 Å². The molecule has 0 saturated carbocycles. The van der Waals surface area contributed by atoms with E-state index in [1.807, 2.05) is 0 Å². The van der Waals surface area contributed by atoms with Crippen molar-refractivity contribution in [2.24, 2.45) is 5.10 Å². The minimum Gasteiger partial charge on any atom is -0.439 e. The van der Waals surface area contributed by atoms with Gasteiger partial charge in [-0.15, -0.1) is 0 Å². The van der Waals surface area contributed by atoms with E-state index in [1.54, 1.807) is 55.6 Å². The van der Waals surface area contributed by atoms with Crippen molar-refractivity contribution < 1.29 is 14.3 Å². The van der Waals surface area contributed by atoms with Gasteiger partial charge in [-0.2, -0.15) is 5.10 Å². The fourth-order valence-electron chi connectivity index (χ4n) is 2.16. The molecule has 0 saturated heterocycles. The van der Waals surface area contributed by atoms with Crippen molar-refractivity contribution in [3.05, 3.63) is 59.9 Å². The van der Waals surface area contributed by atoms with Crippen LogP contribution >= 0.6 is 0 Å². The number of carbonyl (C=O) groups is 2. The molecular weight excluding hydrogens is 296 g/mol. The highest BCUT2D eigenvalue weighted by Gasteiger charge is 2.22. The molecule has 2 N–H and O–H groups in total. The molecule has 0 bridgehead atoms. The predicted octanol–water partition coefficient (Wildman–Crippen LogP) is 2.17. The van der Waals surface area contributed by atoms with E-state index in [9.17, 15) is 9.59 Å². The highest BCUT2D eigenvalue weighted by molar-refractivity contribution is 6.06. The SMILES string of the molecule is CC1OC(=O)NN=C1c1ccc(NC(=O)c2ccccn2)cc1. The van der Waals surface area contributed by atoms with Crippen molar-refractivity contribution in [3.63, 3.8) is 0 Å². The van der Waals surface area contributed by atoms with Crippen molar-refractivity contribution in [1.82, 2.24) is 10.4 Å². The molecule has 0 radical (unpaired) electrons. The van der Waals surface area contributed by atoms with Crippen LogP contribution in [0.15, 0.2) is 53.8 Å². The summed E-state index contributed by atoms with van der Waals surface area (Å²) in [5.41, 5.74) is 4.68. The number of nitrogens with zero attached hydrogens (tertiary/aromatic N) is 2. The summed E-state index contributed by atoms with van der Waals surface area (Å²) in [6, 6.07) is 12.2. The maximum absolute atomic E-state index is 12.0. The fraction of sp³-hybridized carbons (Fsp3) is 0.125. The highest BCUT2D eigenvalue weighted by Crippen LogP contribution is 2.15. The number of hydrogen-bond donors (Lipinski definition) is 2. The Balaban J connectivity index is 1.73. The van der Waals surface area contributed by atoms with Gasteiger partial charge in [-0.05, 0) is 31.2 Å². The normalized spacial score (nSPS) is 16.8. The van der Waals surface area contributed by atoms with Crippen LogP contribution in [-0.2, 0) is 4.74 Å². The molecule has 1 aromatic heterocycles. The number of cyclic esters (lactones) is 1. The number of rotatable bonds is 3. The smallest absolute Gasteiger partial charge is 0.428 e. The highest BCUT2D eigenvalue weighted by atomic mass is 16.6. The number of aromatic nitrogens is 1. The molecule has 1 aromatic carbocycles. The second kappa shape index (κ2) is 6.27. The van der Waals surface area contributed by atoms with Gasteiger partial charge in [0.05, 0.1) is 0 Å². The number of hydrogen-bond acceptors (Lipinski definition) is 5. The average molecular weight is 310 g/mol. The Kier molecular flexibility index (Phi) is 4.01. The zero-order valence-corrected chi connectivity index (χ0v) is 12.3. The zero-order valence-electron chi connectivity index (χ0n) is 12.3. The Morgan fingerprint density at radius 1 is 1.22 bits per heavy atom. The quantitative estimate of drug-likeness (QED) is 0.908. The largest absolute Gasteiger partial charge is 0.439 e. The van der Waals surface area contributed by atoms with E-state index < -0.39 is 12.2 Å². The Morgan fingerprint density at radius 2 is 2.00 bits per heavy atom. The van der Waals surface area contributed by atoms with Crippen molar-refractivity contribution in [1.29, 1.82) is 0 Å². The molecule has 116 valence electrons. The lowest BCUT2D eigenvalue weighted by Crippen LogP contribution is -2.37. The predicted molar refractivity (Wildman–Crippen MR) is 84.2 cm³/mol. The molecule has 23 heavy (non-hydrogen) atoms. The summed E-state index contributed by atoms with van der Waals surface area (Å²) in [4.78, 5) is 27.1. The van der Waals surface area contributed by atoms with Gasteiger partial charge in [0.1, 0.15) is 17.5 Å². The second-order valence-corrected chi connectivity index (χ2v) is 4.90. The maximum atomic E-state index is 12.0. The molecule has 3 rings (SSSR count). The topological polar surface area (TPSA) is 92.7 Å². The second-order valence-electron chi connectivity index (χ2n) is 4.90. The number of ether oxygens (including phenoxy) is 1. The van der Waals surface area contributed by atoms with E-state index >= 15 is 0 Å². The van der Waals surface area contributed by atoms with Gasteiger partial charge in [0, 0.05) is 17.4 Å². The van der Waals surface area contributed by atoms with Gasteiger partial charge >= 0.3 is 6.09 Å². The Hall–Kier alpha value is -3.22. The lowest BCUT2D eigenvalue weighted by Gasteiger charge is -2.20. The number of anilines is 1. The molecule has 0 fully saturated rings. The van der Waals surface area contributed by atoms with Gasteiger partial charge in [-0.1, -0.05) is 18.2 Å². The molecule has 7 nitrogen and oxygen atoms in total. The van der Waals surface area contributed by atoms with Gasteiger partial charge in [-0.3, -0.25) is 9.78 Å².